The highest BCUT2D eigenvalue weighted by Gasteiger charge is 2.33. The molecule has 1 saturated carbocycles. The molecule has 170 valence electrons. The number of carbonyl (C=O) groups is 1. The van der Waals surface area contributed by atoms with E-state index in [9.17, 15) is 10.1 Å². The molecule has 5 rings (SSSR count). The molecule has 0 spiro atoms. The highest BCUT2D eigenvalue weighted by molar-refractivity contribution is 5.95. The van der Waals surface area contributed by atoms with E-state index in [-0.39, 0.29) is 24.1 Å². The van der Waals surface area contributed by atoms with Gasteiger partial charge < -0.3 is 9.30 Å². The number of amides is 1. The second-order valence-electron chi connectivity index (χ2n) is 9.37. The molecule has 33 heavy (non-hydrogen) atoms. The highest BCUT2D eigenvalue weighted by Crippen LogP contribution is 2.40. The van der Waals surface area contributed by atoms with Crippen LogP contribution in [0.4, 0.5) is 10.5 Å². The van der Waals surface area contributed by atoms with Gasteiger partial charge in [-0.25, -0.2) is 9.78 Å². The zero-order valence-electron chi connectivity index (χ0n) is 19.3. The van der Waals surface area contributed by atoms with E-state index in [0.29, 0.717) is 0 Å². The minimum atomic E-state index is -0.323. The van der Waals surface area contributed by atoms with Crippen molar-refractivity contribution >= 4 is 22.8 Å². The first-order valence-corrected chi connectivity index (χ1v) is 11.9. The lowest BCUT2D eigenvalue weighted by atomic mass is 9.86. The van der Waals surface area contributed by atoms with Crippen LogP contribution in [0.5, 0.6) is 0 Å². The molecule has 6 heteroatoms. The first-order valence-electron chi connectivity index (χ1n) is 11.9. The van der Waals surface area contributed by atoms with Crippen LogP contribution in [0.3, 0.4) is 0 Å². The van der Waals surface area contributed by atoms with Gasteiger partial charge in [-0.15, -0.1) is 0 Å². The Kier molecular flexibility index (Phi) is 5.80. The number of rotatable bonds is 3. The molecule has 1 aliphatic carbocycles. The van der Waals surface area contributed by atoms with Gasteiger partial charge >= 0.3 is 6.09 Å². The molecule has 0 bridgehead atoms. The molecule has 1 aromatic heterocycles. The van der Waals surface area contributed by atoms with Crippen molar-refractivity contribution in [2.45, 2.75) is 64.0 Å². The van der Waals surface area contributed by atoms with Crippen molar-refractivity contribution in [3.8, 4) is 6.07 Å². The van der Waals surface area contributed by atoms with Crippen molar-refractivity contribution in [3.63, 3.8) is 0 Å². The number of methoxy groups -OCH3 is 1. The van der Waals surface area contributed by atoms with Crippen molar-refractivity contribution in [2.24, 2.45) is 5.92 Å². The Balaban J connectivity index is 1.66. The van der Waals surface area contributed by atoms with Crippen molar-refractivity contribution in [1.29, 1.82) is 5.26 Å². The molecule has 3 aromatic rings. The Morgan fingerprint density at radius 3 is 2.76 bits per heavy atom. The normalized spacial score (nSPS) is 22.6. The average Bonchev–Trinajstić information content (AvgIpc) is 3.22. The fourth-order valence-corrected chi connectivity index (χ4v) is 5.65. The lowest BCUT2D eigenvalue weighted by Gasteiger charge is -2.34. The predicted octanol–water partition coefficient (Wildman–Crippen LogP) is 5.79. The number of fused-ring (bicyclic) bond motifs is 3. The zero-order chi connectivity index (χ0) is 22.9. The molecule has 1 amide bonds. The summed E-state index contributed by atoms with van der Waals surface area (Å²) in [5, 5.41) is 9.59. The quantitative estimate of drug-likeness (QED) is 0.515. The average molecular weight is 443 g/mol. The molecule has 2 heterocycles. The molecule has 1 unspecified atom stereocenters. The zero-order valence-corrected chi connectivity index (χ0v) is 19.3. The molecule has 3 atom stereocenters. The highest BCUT2D eigenvalue weighted by atomic mass is 16.5. The lowest BCUT2D eigenvalue weighted by molar-refractivity contribution is 0.175. The number of nitrogens with zero attached hydrogens (tertiary/aromatic N) is 4. The number of aryl methyl sites for hydroxylation is 1. The van der Waals surface area contributed by atoms with Gasteiger partial charge in [0.25, 0.3) is 0 Å². The summed E-state index contributed by atoms with van der Waals surface area (Å²) in [5.41, 5.74) is 5.35. The Morgan fingerprint density at radius 2 is 2.00 bits per heavy atom. The molecule has 0 saturated heterocycles. The van der Waals surface area contributed by atoms with Gasteiger partial charge in [-0.3, -0.25) is 4.90 Å². The number of ether oxygens (including phenoxy) is 1. The van der Waals surface area contributed by atoms with Gasteiger partial charge in [0.05, 0.1) is 29.9 Å². The van der Waals surface area contributed by atoms with Gasteiger partial charge in [-0.2, -0.15) is 5.26 Å². The van der Waals surface area contributed by atoms with E-state index in [1.165, 1.54) is 12.7 Å². The van der Waals surface area contributed by atoms with Crippen LogP contribution < -0.4 is 4.90 Å². The smallest absolute Gasteiger partial charge is 0.414 e. The number of benzene rings is 2. The van der Waals surface area contributed by atoms with Gasteiger partial charge in [-0.05, 0) is 56.7 Å². The molecule has 2 aliphatic rings. The van der Waals surface area contributed by atoms with Crippen LogP contribution in [0.15, 0.2) is 42.5 Å². The predicted molar refractivity (Wildman–Crippen MR) is 128 cm³/mol. The largest absolute Gasteiger partial charge is 0.452 e. The van der Waals surface area contributed by atoms with Crippen LogP contribution in [-0.2, 0) is 17.6 Å². The summed E-state index contributed by atoms with van der Waals surface area (Å²) in [4.78, 5) is 19.5. The summed E-state index contributed by atoms with van der Waals surface area (Å²) < 4.78 is 7.48. The topological polar surface area (TPSA) is 71.2 Å². The van der Waals surface area contributed by atoms with Gasteiger partial charge in [0.2, 0.25) is 0 Å². The second kappa shape index (κ2) is 8.90. The second-order valence-corrected chi connectivity index (χ2v) is 9.37. The number of hydrogen-bond donors (Lipinski definition) is 0. The van der Waals surface area contributed by atoms with Crippen LogP contribution in [0.25, 0.3) is 11.0 Å². The minimum absolute atomic E-state index is 0.0861. The lowest BCUT2D eigenvalue weighted by Crippen LogP contribution is -2.42. The van der Waals surface area contributed by atoms with E-state index in [0.717, 1.165) is 73.1 Å². The Morgan fingerprint density at radius 1 is 1.18 bits per heavy atom. The van der Waals surface area contributed by atoms with Crippen molar-refractivity contribution < 1.29 is 9.53 Å². The summed E-state index contributed by atoms with van der Waals surface area (Å²) in [7, 11) is 1.43. The minimum Gasteiger partial charge on any atom is -0.452 e. The van der Waals surface area contributed by atoms with Crippen molar-refractivity contribution in [2.75, 3.05) is 12.0 Å². The van der Waals surface area contributed by atoms with E-state index >= 15 is 0 Å². The molecule has 1 aliphatic heterocycles. The van der Waals surface area contributed by atoms with Gasteiger partial charge in [0, 0.05) is 30.0 Å². The van der Waals surface area contributed by atoms with Crippen LogP contribution in [0.2, 0.25) is 0 Å². The fourth-order valence-electron chi connectivity index (χ4n) is 5.65. The molecule has 1 fully saturated rings. The number of hydrogen-bond acceptors (Lipinski definition) is 4. The summed E-state index contributed by atoms with van der Waals surface area (Å²) in [6.07, 6.45) is 6.16. The maximum Gasteiger partial charge on any atom is 0.414 e. The number of nitriles is 1. The third kappa shape index (κ3) is 3.86. The van der Waals surface area contributed by atoms with Crippen LogP contribution in [-0.4, -0.2) is 28.8 Å². The standard InChI is InChI=1S/C27H30N4O2/c1-18-11-12-22-23(30(18)27(32)33-2)13-14-24-26(22)29-25(16-19-7-4-3-5-8-19)31(24)21-10-6-9-20(15-21)17-28/h3-5,7-8,13-14,18,20-21H,6,9-12,15-16H2,1-2H3/t18-,20?,21-/m0/s1. The van der Waals surface area contributed by atoms with Crippen LogP contribution in [0, 0.1) is 17.2 Å². The van der Waals surface area contributed by atoms with Gasteiger partial charge in [0.1, 0.15) is 5.82 Å². The third-order valence-corrected chi connectivity index (χ3v) is 7.30. The fraction of sp³-hybridized carbons (Fsp3) is 0.444. The SMILES string of the molecule is COC(=O)N1c2ccc3c(nc(Cc4ccccc4)n3[C@H]3CCCC(C#N)C3)c2CC[C@@H]1C. The Hall–Kier alpha value is -3.33. The molecular weight excluding hydrogens is 412 g/mol. The Labute approximate surface area is 194 Å². The van der Waals surface area contributed by atoms with E-state index in [2.05, 4.69) is 54.0 Å². The van der Waals surface area contributed by atoms with Crippen LogP contribution in [0.1, 0.15) is 62.0 Å². The van der Waals surface area contributed by atoms with Crippen molar-refractivity contribution in [3.05, 3.63) is 59.4 Å². The summed E-state index contributed by atoms with van der Waals surface area (Å²) in [6, 6.07) is 17.5. The number of imidazole rings is 1. The molecule has 0 N–H and O–H groups in total. The summed E-state index contributed by atoms with van der Waals surface area (Å²) >= 11 is 0. The number of anilines is 1. The van der Waals surface area contributed by atoms with E-state index in [1.54, 1.807) is 4.90 Å². The van der Waals surface area contributed by atoms with Gasteiger partial charge in [-0.1, -0.05) is 36.8 Å². The summed E-state index contributed by atoms with van der Waals surface area (Å²) in [5.74, 6) is 1.13. The maximum atomic E-state index is 12.6. The molecule has 6 nitrogen and oxygen atoms in total. The van der Waals surface area contributed by atoms with E-state index < -0.39 is 0 Å². The van der Waals surface area contributed by atoms with E-state index in [4.69, 9.17) is 9.72 Å². The maximum absolute atomic E-state index is 12.6. The first kappa shape index (κ1) is 21.5. The van der Waals surface area contributed by atoms with Gasteiger partial charge in [0.15, 0.2) is 0 Å². The third-order valence-electron chi connectivity index (χ3n) is 7.30. The monoisotopic (exact) mass is 442 g/mol. The Bertz CT molecular complexity index is 1210. The summed E-state index contributed by atoms with van der Waals surface area (Å²) in [6.45, 7) is 2.06. The van der Waals surface area contributed by atoms with Crippen LogP contribution >= 0.6 is 0 Å². The molecule has 0 radical (unpaired) electrons. The molecule has 2 aromatic carbocycles. The molecular formula is C27H30N4O2. The number of aromatic nitrogens is 2. The van der Waals surface area contributed by atoms with Crippen molar-refractivity contribution in [1.82, 2.24) is 9.55 Å². The van der Waals surface area contributed by atoms with E-state index in [1.807, 2.05) is 6.07 Å². The number of carbonyl (C=O) groups excluding carboxylic acids is 1. The first-order chi connectivity index (χ1) is 16.1.